The van der Waals surface area contributed by atoms with Gasteiger partial charge < -0.3 is 9.88 Å². The van der Waals surface area contributed by atoms with Gasteiger partial charge in [0.15, 0.2) is 0 Å². The molecule has 0 radical (unpaired) electrons. The van der Waals surface area contributed by atoms with Gasteiger partial charge in [0.05, 0.1) is 17.4 Å². The Hall–Kier alpha value is -2.62. The van der Waals surface area contributed by atoms with Crippen molar-refractivity contribution in [3.05, 3.63) is 65.5 Å². The average Bonchev–Trinajstić information content (AvgIpc) is 3.07. The Morgan fingerprint density at radius 2 is 2.15 bits per heavy atom. The first kappa shape index (κ1) is 15.6. The first-order chi connectivity index (χ1) is 12.6. The van der Waals surface area contributed by atoms with E-state index in [1.54, 1.807) is 6.33 Å². The second-order valence-electron chi connectivity index (χ2n) is 8.02. The minimum Gasteiger partial charge on any atom is -0.345 e. The van der Waals surface area contributed by atoms with E-state index in [2.05, 4.69) is 46.1 Å². The highest BCUT2D eigenvalue weighted by Crippen LogP contribution is 2.44. The number of fused-ring (bicyclic) bond motifs is 5. The van der Waals surface area contributed by atoms with Crippen LogP contribution in [0.1, 0.15) is 47.7 Å². The van der Waals surface area contributed by atoms with Gasteiger partial charge in [-0.2, -0.15) is 0 Å². The maximum absolute atomic E-state index is 13.3. The number of hydrogen-bond acceptors (Lipinski definition) is 2. The van der Waals surface area contributed by atoms with Gasteiger partial charge in [0.25, 0.3) is 5.91 Å². The number of carbonyl (C=O) groups is 1. The van der Waals surface area contributed by atoms with Crippen molar-refractivity contribution in [2.24, 2.45) is 0 Å². The topological polar surface area (TPSA) is 49.0 Å². The Labute approximate surface area is 153 Å². The highest BCUT2D eigenvalue weighted by atomic mass is 16.2. The molecule has 26 heavy (non-hydrogen) atoms. The summed E-state index contributed by atoms with van der Waals surface area (Å²) >= 11 is 0. The van der Waals surface area contributed by atoms with Gasteiger partial charge in [-0.15, -0.1) is 0 Å². The smallest absolute Gasteiger partial charge is 0.254 e. The fourth-order valence-corrected chi connectivity index (χ4v) is 5.02. The monoisotopic (exact) mass is 345 g/mol. The summed E-state index contributed by atoms with van der Waals surface area (Å²) in [6.45, 7) is 3.22. The largest absolute Gasteiger partial charge is 0.345 e. The predicted molar refractivity (Wildman–Crippen MR) is 102 cm³/mol. The van der Waals surface area contributed by atoms with Crippen molar-refractivity contribution in [2.75, 3.05) is 6.54 Å². The number of amides is 1. The SMILES string of the molecule is CC12CCCN(C(=O)c3ccc4nc[nH]c4c3)C(Cc3ccccc31)C2. The number of H-pyrrole nitrogens is 1. The number of carbonyl (C=O) groups excluding carboxylic acids is 1. The summed E-state index contributed by atoms with van der Waals surface area (Å²) in [5.74, 6) is 0.148. The molecular formula is C22H23N3O. The number of nitrogens with one attached hydrogen (secondary N) is 1. The molecule has 1 aromatic heterocycles. The lowest BCUT2D eigenvalue weighted by Crippen LogP contribution is -2.45. The summed E-state index contributed by atoms with van der Waals surface area (Å²) in [6.07, 6.45) is 5.89. The van der Waals surface area contributed by atoms with E-state index < -0.39 is 0 Å². The Morgan fingerprint density at radius 3 is 3.08 bits per heavy atom. The van der Waals surface area contributed by atoms with Crippen LogP contribution in [0.5, 0.6) is 0 Å². The molecule has 2 aromatic carbocycles. The van der Waals surface area contributed by atoms with Gasteiger partial charge in [-0.1, -0.05) is 31.2 Å². The molecule has 5 rings (SSSR count). The van der Waals surface area contributed by atoms with Gasteiger partial charge in [-0.3, -0.25) is 4.79 Å². The van der Waals surface area contributed by atoms with Crippen LogP contribution in [-0.4, -0.2) is 33.4 Å². The van der Waals surface area contributed by atoms with E-state index in [9.17, 15) is 4.79 Å². The maximum Gasteiger partial charge on any atom is 0.254 e. The van der Waals surface area contributed by atoms with Crippen molar-refractivity contribution in [2.45, 2.75) is 44.1 Å². The van der Waals surface area contributed by atoms with Crippen molar-refractivity contribution < 1.29 is 4.79 Å². The average molecular weight is 345 g/mol. The van der Waals surface area contributed by atoms with Crippen molar-refractivity contribution in [1.82, 2.24) is 14.9 Å². The normalized spacial score (nSPS) is 25.0. The molecule has 1 amide bonds. The zero-order valence-corrected chi connectivity index (χ0v) is 15.0. The molecule has 2 unspecified atom stereocenters. The van der Waals surface area contributed by atoms with Crippen molar-refractivity contribution in [1.29, 1.82) is 0 Å². The van der Waals surface area contributed by atoms with Crippen LogP contribution >= 0.6 is 0 Å². The molecule has 1 aliphatic carbocycles. The summed E-state index contributed by atoms with van der Waals surface area (Å²) in [6, 6.07) is 14.9. The zero-order chi connectivity index (χ0) is 17.7. The molecule has 132 valence electrons. The molecule has 1 fully saturated rings. The van der Waals surface area contributed by atoms with Gasteiger partial charge in [0.2, 0.25) is 0 Å². The second kappa shape index (κ2) is 5.70. The Balaban J connectivity index is 1.51. The molecule has 2 atom stereocenters. The third-order valence-corrected chi connectivity index (χ3v) is 6.31. The minimum atomic E-state index is 0.148. The molecule has 1 aliphatic heterocycles. The summed E-state index contributed by atoms with van der Waals surface area (Å²) in [7, 11) is 0. The summed E-state index contributed by atoms with van der Waals surface area (Å²) < 4.78 is 0. The second-order valence-corrected chi connectivity index (χ2v) is 8.02. The number of hydrogen-bond donors (Lipinski definition) is 1. The Bertz CT molecular complexity index is 992. The fourth-order valence-electron chi connectivity index (χ4n) is 5.02. The predicted octanol–water partition coefficient (Wildman–Crippen LogP) is 4.07. The highest BCUT2D eigenvalue weighted by Gasteiger charge is 2.41. The van der Waals surface area contributed by atoms with Crippen LogP contribution in [0.25, 0.3) is 11.0 Å². The molecule has 0 spiro atoms. The van der Waals surface area contributed by atoms with Crippen LogP contribution in [0.15, 0.2) is 48.8 Å². The number of imidazole rings is 1. The first-order valence-electron chi connectivity index (χ1n) is 9.47. The van der Waals surface area contributed by atoms with Crippen molar-refractivity contribution in [3.8, 4) is 0 Å². The van der Waals surface area contributed by atoms with E-state index in [-0.39, 0.29) is 17.4 Å². The highest BCUT2D eigenvalue weighted by molar-refractivity contribution is 5.97. The minimum absolute atomic E-state index is 0.148. The number of nitrogens with zero attached hydrogens (tertiary/aromatic N) is 2. The molecule has 0 saturated carbocycles. The fraction of sp³-hybridized carbons (Fsp3) is 0.364. The maximum atomic E-state index is 13.3. The standard InChI is InChI=1S/C22H23N3O/c1-22-9-4-10-25(17(13-22)11-15-5-2-3-6-18(15)22)21(26)16-7-8-19-20(12-16)24-14-23-19/h2-3,5-8,12,14,17H,4,9-11,13H2,1H3,(H,23,24). The molecule has 4 heteroatoms. The third-order valence-electron chi connectivity index (χ3n) is 6.31. The summed E-state index contributed by atoms with van der Waals surface area (Å²) in [5.41, 5.74) is 5.66. The molecule has 4 nitrogen and oxygen atoms in total. The van der Waals surface area contributed by atoms with E-state index in [4.69, 9.17) is 0 Å². The number of benzene rings is 2. The molecule has 2 bridgehead atoms. The number of likely N-dealkylation sites (tertiary alicyclic amines) is 1. The quantitative estimate of drug-likeness (QED) is 0.723. The van der Waals surface area contributed by atoms with E-state index in [1.165, 1.54) is 11.1 Å². The number of aromatic amines is 1. The molecule has 3 aromatic rings. The molecule has 2 aliphatic rings. The lowest BCUT2D eigenvalue weighted by Gasteiger charge is -2.41. The van der Waals surface area contributed by atoms with Gasteiger partial charge in [-0.05, 0) is 60.4 Å². The van der Waals surface area contributed by atoms with Crippen LogP contribution in [0.4, 0.5) is 0 Å². The lowest BCUT2D eigenvalue weighted by atomic mass is 9.68. The lowest BCUT2D eigenvalue weighted by molar-refractivity contribution is 0.0666. The third kappa shape index (κ3) is 2.36. The van der Waals surface area contributed by atoms with Crippen LogP contribution in [0, 0.1) is 0 Å². The van der Waals surface area contributed by atoms with E-state index in [1.807, 2.05) is 18.2 Å². The van der Waals surface area contributed by atoms with Crippen LogP contribution < -0.4 is 0 Å². The van der Waals surface area contributed by atoms with Crippen molar-refractivity contribution in [3.63, 3.8) is 0 Å². The van der Waals surface area contributed by atoms with Crippen molar-refractivity contribution >= 4 is 16.9 Å². The summed E-state index contributed by atoms with van der Waals surface area (Å²) in [5, 5.41) is 0. The zero-order valence-electron chi connectivity index (χ0n) is 15.0. The summed E-state index contributed by atoms with van der Waals surface area (Å²) in [4.78, 5) is 22.8. The molecular weight excluding hydrogens is 322 g/mol. The van der Waals surface area contributed by atoms with Crippen LogP contribution in [0.2, 0.25) is 0 Å². The van der Waals surface area contributed by atoms with Gasteiger partial charge in [0.1, 0.15) is 0 Å². The molecule has 1 saturated heterocycles. The number of aromatic nitrogens is 2. The van der Waals surface area contributed by atoms with Gasteiger partial charge >= 0.3 is 0 Å². The molecule has 2 heterocycles. The van der Waals surface area contributed by atoms with Gasteiger partial charge in [-0.25, -0.2) is 4.98 Å². The molecule has 1 N–H and O–H groups in total. The Morgan fingerprint density at radius 1 is 1.27 bits per heavy atom. The van der Waals surface area contributed by atoms with Crippen LogP contribution in [0.3, 0.4) is 0 Å². The first-order valence-corrected chi connectivity index (χ1v) is 9.47. The van der Waals surface area contributed by atoms with E-state index in [0.29, 0.717) is 0 Å². The number of rotatable bonds is 1. The van der Waals surface area contributed by atoms with E-state index in [0.717, 1.165) is 48.8 Å². The Kier molecular flexibility index (Phi) is 3.42. The van der Waals surface area contributed by atoms with E-state index >= 15 is 0 Å². The van der Waals surface area contributed by atoms with Gasteiger partial charge in [0, 0.05) is 18.2 Å². The van der Waals surface area contributed by atoms with Crippen LogP contribution in [-0.2, 0) is 11.8 Å².